The zero-order chi connectivity index (χ0) is 20.6. The first-order valence-electron chi connectivity index (χ1n) is 7.77. The minimum atomic E-state index is -4.80. The molecule has 4 N–H and O–H groups in total. The van der Waals surface area contributed by atoms with Crippen LogP contribution in [-0.4, -0.2) is 34.2 Å². The van der Waals surface area contributed by atoms with Gasteiger partial charge in [-0.1, -0.05) is 11.3 Å². The molecule has 1 aromatic heterocycles. The number of thiazole rings is 1. The summed E-state index contributed by atoms with van der Waals surface area (Å²) in [5.41, 5.74) is 3.65. The van der Waals surface area contributed by atoms with Crippen molar-refractivity contribution in [2.75, 3.05) is 5.32 Å². The molecule has 0 spiro atoms. The van der Waals surface area contributed by atoms with Gasteiger partial charge in [-0.2, -0.15) is 0 Å². The Labute approximate surface area is 157 Å². The second-order valence-corrected chi connectivity index (χ2v) is 7.98. The largest absolute Gasteiger partial charge is 0.573 e. The van der Waals surface area contributed by atoms with Crippen molar-refractivity contribution in [3.63, 3.8) is 0 Å². The number of nitrogens with two attached hydrogens (primary N) is 1. The number of halogens is 3. The molecule has 2 rings (SSSR count). The molecule has 11 heteroatoms. The van der Waals surface area contributed by atoms with Gasteiger partial charge in [0.05, 0.1) is 15.8 Å². The fraction of sp³-hybridized carbons (Fsp3) is 0.438. The van der Waals surface area contributed by atoms with Crippen molar-refractivity contribution in [3.05, 3.63) is 18.2 Å². The number of anilines is 1. The van der Waals surface area contributed by atoms with E-state index < -0.39 is 29.3 Å². The Hall–Kier alpha value is -2.40. The summed E-state index contributed by atoms with van der Waals surface area (Å²) in [5.74, 6) is -1.44. The van der Waals surface area contributed by atoms with Crippen LogP contribution in [0.3, 0.4) is 0 Å². The van der Waals surface area contributed by atoms with E-state index in [0.29, 0.717) is 10.2 Å². The molecule has 27 heavy (non-hydrogen) atoms. The Morgan fingerprint density at radius 2 is 1.78 bits per heavy atom. The zero-order valence-electron chi connectivity index (χ0n) is 15.0. The molecule has 7 nitrogen and oxygen atoms in total. The van der Waals surface area contributed by atoms with Crippen LogP contribution in [0.4, 0.5) is 18.3 Å². The van der Waals surface area contributed by atoms with Crippen molar-refractivity contribution in [3.8, 4) is 5.75 Å². The molecule has 0 saturated carbocycles. The number of hydrogen-bond donors (Lipinski definition) is 3. The standard InChI is InChI=1S/C16H19F3N4O3S/c1-14(2,20)11(24)23-15(3,4)12(25)22-13-21-9-6-5-8(7-10(9)27-13)26-16(17,18)19/h5-7H,20H2,1-4H3,(H,23,24)(H,21,22,25). The van der Waals surface area contributed by atoms with Crippen molar-refractivity contribution < 1.29 is 27.5 Å². The highest BCUT2D eigenvalue weighted by molar-refractivity contribution is 7.22. The van der Waals surface area contributed by atoms with Crippen molar-refractivity contribution in [1.29, 1.82) is 0 Å². The van der Waals surface area contributed by atoms with Gasteiger partial charge in [0.15, 0.2) is 5.13 Å². The molecular formula is C16H19F3N4O3S. The first kappa shape index (κ1) is 20.9. The molecule has 0 saturated heterocycles. The highest BCUT2D eigenvalue weighted by Gasteiger charge is 2.34. The number of benzene rings is 1. The topological polar surface area (TPSA) is 106 Å². The summed E-state index contributed by atoms with van der Waals surface area (Å²) < 4.78 is 41.2. The molecule has 0 fully saturated rings. The highest BCUT2D eigenvalue weighted by Crippen LogP contribution is 2.31. The number of aromatic nitrogens is 1. The number of fused-ring (bicyclic) bond motifs is 1. The maximum absolute atomic E-state index is 12.5. The monoisotopic (exact) mass is 404 g/mol. The maximum atomic E-state index is 12.5. The normalized spacial score (nSPS) is 12.7. The van der Waals surface area contributed by atoms with Crippen LogP contribution in [-0.2, 0) is 9.59 Å². The summed E-state index contributed by atoms with van der Waals surface area (Å²) in [5, 5.41) is 5.26. The Morgan fingerprint density at radius 1 is 1.15 bits per heavy atom. The molecule has 2 aromatic rings. The molecule has 0 unspecified atom stereocenters. The number of rotatable bonds is 5. The average molecular weight is 404 g/mol. The molecule has 1 heterocycles. The molecule has 0 aliphatic rings. The van der Waals surface area contributed by atoms with Crippen LogP contribution < -0.4 is 21.1 Å². The Bertz CT molecular complexity index is 872. The predicted molar refractivity (Wildman–Crippen MR) is 95.4 cm³/mol. The van der Waals surface area contributed by atoms with Crippen LogP contribution in [0.1, 0.15) is 27.7 Å². The minimum Gasteiger partial charge on any atom is -0.406 e. The molecule has 0 aliphatic heterocycles. The van der Waals surface area contributed by atoms with E-state index in [4.69, 9.17) is 5.73 Å². The van der Waals surface area contributed by atoms with E-state index in [2.05, 4.69) is 20.4 Å². The van der Waals surface area contributed by atoms with Crippen molar-refractivity contribution >= 4 is 38.5 Å². The first-order valence-corrected chi connectivity index (χ1v) is 8.58. The van der Waals surface area contributed by atoms with Crippen LogP contribution in [0.15, 0.2) is 18.2 Å². The molecule has 0 radical (unpaired) electrons. The lowest BCUT2D eigenvalue weighted by molar-refractivity contribution is -0.274. The first-order chi connectivity index (χ1) is 12.2. The molecule has 2 amide bonds. The third-order valence-electron chi connectivity index (χ3n) is 3.39. The molecule has 0 atom stereocenters. The van der Waals surface area contributed by atoms with Gasteiger partial charge in [0.25, 0.3) is 5.91 Å². The van der Waals surface area contributed by atoms with E-state index in [9.17, 15) is 22.8 Å². The summed E-state index contributed by atoms with van der Waals surface area (Å²) in [6.45, 7) is 6.00. The van der Waals surface area contributed by atoms with Crippen LogP contribution in [0.2, 0.25) is 0 Å². The number of hydrogen-bond acceptors (Lipinski definition) is 6. The Kier molecular flexibility index (Phi) is 5.39. The van der Waals surface area contributed by atoms with Gasteiger partial charge in [-0.05, 0) is 39.8 Å². The molecule has 0 bridgehead atoms. The molecule has 148 valence electrons. The number of nitrogens with one attached hydrogen (secondary N) is 2. The second-order valence-electron chi connectivity index (χ2n) is 6.95. The highest BCUT2D eigenvalue weighted by atomic mass is 32.1. The van der Waals surface area contributed by atoms with Crippen molar-refractivity contribution in [2.24, 2.45) is 5.73 Å². The van der Waals surface area contributed by atoms with Gasteiger partial charge in [-0.25, -0.2) is 4.98 Å². The third-order valence-corrected chi connectivity index (χ3v) is 4.33. The quantitative estimate of drug-likeness (QED) is 0.711. The summed E-state index contributed by atoms with van der Waals surface area (Å²) in [6, 6.07) is 3.67. The fourth-order valence-electron chi connectivity index (χ4n) is 1.91. The van der Waals surface area contributed by atoms with Crippen LogP contribution >= 0.6 is 11.3 Å². The van der Waals surface area contributed by atoms with Crippen LogP contribution in [0.5, 0.6) is 5.75 Å². The lowest BCUT2D eigenvalue weighted by Crippen LogP contribution is -2.59. The number of carbonyl (C=O) groups excluding carboxylic acids is 2. The van der Waals surface area contributed by atoms with E-state index in [1.54, 1.807) is 0 Å². The number of nitrogens with zero attached hydrogens (tertiary/aromatic N) is 1. The summed E-state index contributed by atoms with van der Waals surface area (Å²) in [7, 11) is 0. The number of ether oxygens (including phenoxy) is 1. The number of alkyl halides is 3. The fourth-order valence-corrected chi connectivity index (χ4v) is 2.80. The van der Waals surface area contributed by atoms with Crippen LogP contribution in [0, 0.1) is 0 Å². The van der Waals surface area contributed by atoms with Crippen molar-refractivity contribution in [1.82, 2.24) is 10.3 Å². The summed E-state index contributed by atoms with van der Waals surface area (Å²) >= 11 is 0.979. The molecule has 0 aliphatic carbocycles. The minimum absolute atomic E-state index is 0.175. The summed E-state index contributed by atoms with van der Waals surface area (Å²) in [4.78, 5) is 28.6. The summed E-state index contributed by atoms with van der Waals surface area (Å²) in [6.07, 6.45) is -4.80. The van der Waals surface area contributed by atoms with Crippen LogP contribution in [0.25, 0.3) is 10.2 Å². The van der Waals surface area contributed by atoms with Gasteiger partial charge >= 0.3 is 6.36 Å². The molecule has 1 aromatic carbocycles. The van der Waals surface area contributed by atoms with Gasteiger partial charge < -0.3 is 15.8 Å². The molecular weight excluding hydrogens is 385 g/mol. The van der Waals surface area contributed by atoms with Gasteiger partial charge in [0.1, 0.15) is 11.3 Å². The predicted octanol–water partition coefficient (Wildman–Crippen LogP) is 2.77. The van der Waals surface area contributed by atoms with Gasteiger partial charge in [0.2, 0.25) is 5.91 Å². The second kappa shape index (κ2) is 6.97. The maximum Gasteiger partial charge on any atom is 0.573 e. The lowest BCUT2D eigenvalue weighted by Gasteiger charge is -2.28. The van der Waals surface area contributed by atoms with E-state index in [0.717, 1.165) is 17.4 Å². The Morgan fingerprint density at radius 3 is 2.33 bits per heavy atom. The van der Waals surface area contributed by atoms with Gasteiger partial charge in [0, 0.05) is 6.07 Å². The average Bonchev–Trinajstić information content (AvgIpc) is 2.85. The van der Waals surface area contributed by atoms with Crippen molar-refractivity contribution in [2.45, 2.75) is 45.1 Å². The van der Waals surface area contributed by atoms with Gasteiger partial charge in [-0.15, -0.1) is 13.2 Å². The zero-order valence-corrected chi connectivity index (χ0v) is 15.8. The smallest absolute Gasteiger partial charge is 0.406 e. The third kappa shape index (κ3) is 5.54. The van der Waals surface area contributed by atoms with E-state index in [1.165, 1.54) is 39.8 Å². The SMILES string of the molecule is CC(C)(N)C(=O)NC(C)(C)C(=O)Nc1nc2ccc(OC(F)(F)F)cc2s1. The lowest BCUT2D eigenvalue weighted by atomic mass is 10.00. The van der Waals surface area contributed by atoms with E-state index in [1.807, 2.05) is 0 Å². The van der Waals surface area contributed by atoms with E-state index in [-0.39, 0.29) is 10.9 Å². The number of amides is 2. The van der Waals surface area contributed by atoms with Gasteiger partial charge in [-0.3, -0.25) is 14.9 Å². The number of carbonyl (C=O) groups is 2. The Balaban J connectivity index is 2.15. The van der Waals surface area contributed by atoms with E-state index >= 15 is 0 Å².